The van der Waals surface area contributed by atoms with Crippen molar-refractivity contribution >= 4 is 0 Å². The van der Waals surface area contributed by atoms with Crippen molar-refractivity contribution in [2.45, 2.75) is 26.9 Å². The average Bonchev–Trinajstić information content (AvgIpc) is 2.33. The van der Waals surface area contributed by atoms with E-state index < -0.39 is 0 Å². The Kier molecular flexibility index (Phi) is 3.82. The first kappa shape index (κ1) is 12.4. The Morgan fingerprint density at radius 3 is 2.56 bits per heavy atom. The van der Waals surface area contributed by atoms with E-state index in [0.29, 0.717) is 11.6 Å². The maximum absolute atomic E-state index is 5.76. The van der Waals surface area contributed by atoms with Crippen LogP contribution in [-0.4, -0.2) is 11.1 Å². The van der Waals surface area contributed by atoms with Gasteiger partial charge < -0.3 is 9.47 Å². The fourth-order valence-electron chi connectivity index (χ4n) is 1.57. The third-order valence-corrected chi connectivity index (χ3v) is 2.31. The third kappa shape index (κ3) is 3.23. The van der Waals surface area contributed by atoms with Crippen molar-refractivity contribution in [3.63, 3.8) is 0 Å². The molecule has 0 aliphatic carbocycles. The molecule has 0 N–H and O–H groups in total. The lowest BCUT2D eigenvalue weighted by molar-refractivity contribution is 0.233. The molecule has 0 atom stereocenters. The molecule has 0 spiro atoms. The fourth-order valence-corrected chi connectivity index (χ4v) is 1.57. The molecular weight excluding hydrogens is 226 g/mol. The quantitative estimate of drug-likeness (QED) is 0.814. The predicted octanol–water partition coefficient (Wildman–Crippen LogP) is 3.97. The summed E-state index contributed by atoms with van der Waals surface area (Å²) in [4.78, 5) is 4.15. The molecule has 2 aromatic rings. The van der Waals surface area contributed by atoms with Gasteiger partial charge in [-0.2, -0.15) is 0 Å². The molecule has 0 saturated heterocycles. The third-order valence-electron chi connectivity index (χ3n) is 2.31. The summed E-state index contributed by atoms with van der Waals surface area (Å²) in [5.41, 5.74) is 1.12. The van der Waals surface area contributed by atoms with Crippen LogP contribution in [0.5, 0.6) is 17.4 Å². The van der Waals surface area contributed by atoms with Gasteiger partial charge in [-0.05, 0) is 44.5 Å². The molecule has 0 aliphatic heterocycles. The Balaban J connectivity index is 2.27. The van der Waals surface area contributed by atoms with Crippen molar-refractivity contribution < 1.29 is 9.47 Å². The highest BCUT2D eigenvalue weighted by molar-refractivity contribution is 5.44. The van der Waals surface area contributed by atoms with E-state index in [1.807, 2.05) is 57.2 Å². The number of aryl methyl sites for hydroxylation is 1. The van der Waals surface area contributed by atoms with Gasteiger partial charge in [-0.3, -0.25) is 0 Å². The zero-order valence-electron chi connectivity index (χ0n) is 10.9. The Morgan fingerprint density at radius 2 is 1.89 bits per heavy atom. The second-order valence-electron chi connectivity index (χ2n) is 4.39. The minimum atomic E-state index is 0.110. The standard InChI is InChI=1S/C15H17NO2/c1-11(2)17-13-8-7-12(3)10-14(13)18-15-6-4-5-9-16-15/h4-11H,1-3H3. The lowest BCUT2D eigenvalue weighted by Gasteiger charge is -2.14. The predicted molar refractivity (Wildman–Crippen MR) is 71.3 cm³/mol. The topological polar surface area (TPSA) is 31.4 Å². The molecule has 0 radical (unpaired) electrons. The second kappa shape index (κ2) is 5.54. The number of pyridine rings is 1. The summed E-state index contributed by atoms with van der Waals surface area (Å²) in [6, 6.07) is 11.4. The van der Waals surface area contributed by atoms with E-state index in [4.69, 9.17) is 9.47 Å². The number of aromatic nitrogens is 1. The Hall–Kier alpha value is -2.03. The summed E-state index contributed by atoms with van der Waals surface area (Å²) < 4.78 is 11.5. The van der Waals surface area contributed by atoms with Gasteiger partial charge in [0.25, 0.3) is 0 Å². The number of ether oxygens (including phenoxy) is 2. The van der Waals surface area contributed by atoms with Crippen LogP contribution in [0.15, 0.2) is 42.6 Å². The maximum Gasteiger partial charge on any atom is 0.219 e. The van der Waals surface area contributed by atoms with Gasteiger partial charge in [-0.25, -0.2) is 4.98 Å². The largest absolute Gasteiger partial charge is 0.487 e. The van der Waals surface area contributed by atoms with Gasteiger partial charge in [0, 0.05) is 12.3 Å². The molecule has 0 bridgehead atoms. The monoisotopic (exact) mass is 243 g/mol. The average molecular weight is 243 g/mol. The molecule has 0 aliphatic rings. The van der Waals surface area contributed by atoms with E-state index in [1.165, 1.54) is 0 Å². The van der Waals surface area contributed by atoms with E-state index in [2.05, 4.69) is 4.98 Å². The molecule has 0 fully saturated rings. The normalized spacial score (nSPS) is 10.4. The summed E-state index contributed by atoms with van der Waals surface area (Å²) in [6.07, 6.45) is 1.81. The van der Waals surface area contributed by atoms with Crippen LogP contribution in [0.25, 0.3) is 0 Å². The molecule has 0 amide bonds. The lowest BCUT2D eigenvalue weighted by Crippen LogP contribution is -2.06. The minimum Gasteiger partial charge on any atom is -0.487 e. The van der Waals surface area contributed by atoms with Gasteiger partial charge in [-0.15, -0.1) is 0 Å². The van der Waals surface area contributed by atoms with Gasteiger partial charge >= 0.3 is 0 Å². The SMILES string of the molecule is Cc1ccc(OC(C)C)c(Oc2ccccn2)c1. The fraction of sp³-hybridized carbons (Fsp3) is 0.267. The van der Waals surface area contributed by atoms with Crippen molar-refractivity contribution in [3.8, 4) is 17.4 Å². The van der Waals surface area contributed by atoms with Gasteiger partial charge in [0.05, 0.1) is 6.10 Å². The molecule has 18 heavy (non-hydrogen) atoms. The Labute approximate surface area is 107 Å². The van der Waals surface area contributed by atoms with Crippen LogP contribution in [0.1, 0.15) is 19.4 Å². The summed E-state index contributed by atoms with van der Waals surface area (Å²) in [5, 5.41) is 0. The summed E-state index contributed by atoms with van der Waals surface area (Å²) in [5.74, 6) is 2.00. The van der Waals surface area contributed by atoms with Crippen LogP contribution in [0.2, 0.25) is 0 Å². The van der Waals surface area contributed by atoms with Crippen molar-refractivity contribution in [1.82, 2.24) is 4.98 Å². The number of nitrogens with zero attached hydrogens (tertiary/aromatic N) is 1. The molecule has 2 rings (SSSR count). The molecule has 1 aromatic carbocycles. The van der Waals surface area contributed by atoms with Crippen LogP contribution in [0.4, 0.5) is 0 Å². The highest BCUT2D eigenvalue weighted by Gasteiger charge is 2.08. The Bertz CT molecular complexity index is 509. The van der Waals surface area contributed by atoms with E-state index >= 15 is 0 Å². The number of hydrogen-bond donors (Lipinski definition) is 0. The van der Waals surface area contributed by atoms with Crippen LogP contribution in [-0.2, 0) is 0 Å². The first-order valence-corrected chi connectivity index (χ1v) is 6.01. The summed E-state index contributed by atoms with van der Waals surface area (Å²) in [6.45, 7) is 6.00. The molecule has 94 valence electrons. The highest BCUT2D eigenvalue weighted by Crippen LogP contribution is 2.32. The maximum atomic E-state index is 5.76. The molecular formula is C15H17NO2. The first-order valence-electron chi connectivity index (χ1n) is 6.01. The van der Waals surface area contributed by atoms with Crippen LogP contribution in [0.3, 0.4) is 0 Å². The van der Waals surface area contributed by atoms with E-state index in [0.717, 1.165) is 11.3 Å². The number of benzene rings is 1. The van der Waals surface area contributed by atoms with Crippen LogP contribution in [0, 0.1) is 6.92 Å². The molecule has 1 heterocycles. The molecule has 0 saturated carbocycles. The van der Waals surface area contributed by atoms with Crippen molar-refractivity contribution in [2.24, 2.45) is 0 Å². The second-order valence-corrected chi connectivity index (χ2v) is 4.39. The van der Waals surface area contributed by atoms with Gasteiger partial charge in [0.1, 0.15) is 0 Å². The number of hydrogen-bond acceptors (Lipinski definition) is 3. The van der Waals surface area contributed by atoms with Crippen LogP contribution >= 0.6 is 0 Å². The van der Waals surface area contributed by atoms with Gasteiger partial charge in [-0.1, -0.05) is 12.1 Å². The van der Waals surface area contributed by atoms with E-state index in [-0.39, 0.29) is 6.10 Å². The smallest absolute Gasteiger partial charge is 0.219 e. The van der Waals surface area contributed by atoms with Crippen molar-refractivity contribution in [2.75, 3.05) is 0 Å². The van der Waals surface area contributed by atoms with Crippen LogP contribution < -0.4 is 9.47 Å². The van der Waals surface area contributed by atoms with E-state index in [9.17, 15) is 0 Å². The van der Waals surface area contributed by atoms with E-state index in [1.54, 1.807) is 6.20 Å². The zero-order valence-corrected chi connectivity index (χ0v) is 10.9. The minimum absolute atomic E-state index is 0.110. The first-order chi connectivity index (χ1) is 8.65. The highest BCUT2D eigenvalue weighted by atomic mass is 16.5. The summed E-state index contributed by atoms with van der Waals surface area (Å²) in [7, 11) is 0. The van der Waals surface area contributed by atoms with Gasteiger partial charge in [0.15, 0.2) is 11.5 Å². The number of rotatable bonds is 4. The molecule has 0 unspecified atom stereocenters. The molecule has 1 aromatic heterocycles. The van der Waals surface area contributed by atoms with Gasteiger partial charge in [0.2, 0.25) is 5.88 Å². The lowest BCUT2D eigenvalue weighted by atomic mass is 10.2. The molecule has 3 nitrogen and oxygen atoms in total. The van der Waals surface area contributed by atoms with Crippen molar-refractivity contribution in [1.29, 1.82) is 0 Å². The Morgan fingerprint density at radius 1 is 1.06 bits per heavy atom. The molecule has 3 heteroatoms. The van der Waals surface area contributed by atoms with Crippen molar-refractivity contribution in [3.05, 3.63) is 48.2 Å². The summed E-state index contributed by atoms with van der Waals surface area (Å²) >= 11 is 0. The zero-order chi connectivity index (χ0) is 13.0.